The molecular weight excluding hydrogens is 388 g/mol. The zero-order valence-electron chi connectivity index (χ0n) is 16.7. The van der Waals surface area contributed by atoms with E-state index in [1.165, 1.54) is 6.33 Å². The Bertz CT molecular complexity index is 1020. The first-order valence-electron chi connectivity index (χ1n) is 10.0. The van der Waals surface area contributed by atoms with Gasteiger partial charge in [0.25, 0.3) is 0 Å². The van der Waals surface area contributed by atoms with Gasteiger partial charge in [-0.1, -0.05) is 23.7 Å². The molecule has 0 aliphatic carbocycles. The van der Waals surface area contributed by atoms with Gasteiger partial charge in [-0.3, -0.25) is 4.79 Å². The molecule has 2 aromatic heterocycles. The predicted molar refractivity (Wildman–Crippen MR) is 114 cm³/mol. The number of rotatable bonds is 5. The molecule has 1 amide bonds. The second-order valence-corrected chi connectivity index (χ2v) is 8.05. The summed E-state index contributed by atoms with van der Waals surface area (Å²) in [5.74, 6) is 1.78. The number of nitrogens with zero attached hydrogens (tertiary/aromatic N) is 3. The van der Waals surface area contributed by atoms with Crippen molar-refractivity contribution in [3.63, 3.8) is 0 Å². The van der Waals surface area contributed by atoms with Crippen molar-refractivity contribution >= 4 is 34.4 Å². The SMILES string of the molecule is Cc1oc2ncnc(N3CCC[C@@H](C(=O)NCCc4ccc(Cl)cc4)C3)c2c1C. The number of furan rings is 1. The molecule has 1 aromatic carbocycles. The number of hydrogen-bond acceptors (Lipinski definition) is 5. The Balaban J connectivity index is 1.40. The first-order chi connectivity index (χ1) is 14.0. The van der Waals surface area contributed by atoms with Crippen LogP contribution in [-0.2, 0) is 11.2 Å². The van der Waals surface area contributed by atoms with Crippen LogP contribution in [0.25, 0.3) is 11.1 Å². The summed E-state index contributed by atoms with van der Waals surface area (Å²) in [6.07, 6.45) is 4.17. The van der Waals surface area contributed by atoms with Crippen molar-refractivity contribution in [2.45, 2.75) is 33.1 Å². The number of carbonyl (C=O) groups excluding carboxylic acids is 1. The van der Waals surface area contributed by atoms with E-state index in [2.05, 4.69) is 20.2 Å². The quantitative estimate of drug-likeness (QED) is 0.684. The number of nitrogens with one attached hydrogen (secondary N) is 1. The second-order valence-electron chi connectivity index (χ2n) is 7.61. The monoisotopic (exact) mass is 412 g/mol. The van der Waals surface area contributed by atoms with Gasteiger partial charge >= 0.3 is 0 Å². The summed E-state index contributed by atoms with van der Waals surface area (Å²) in [6.45, 7) is 6.12. The predicted octanol–water partition coefficient (Wildman–Crippen LogP) is 4.07. The molecule has 1 fully saturated rings. The Morgan fingerprint density at radius 1 is 1.28 bits per heavy atom. The fourth-order valence-electron chi connectivity index (χ4n) is 3.91. The number of halogens is 1. The van der Waals surface area contributed by atoms with Crippen LogP contribution >= 0.6 is 11.6 Å². The number of amides is 1. The fraction of sp³-hybridized carbons (Fsp3) is 0.409. The van der Waals surface area contributed by atoms with Crippen LogP contribution in [0.5, 0.6) is 0 Å². The molecule has 3 aromatic rings. The van der Waals surface area contributed by atoms with E-state index in [0.29, 0.717) is 18.8 Å². The van der Waals surface area contributed by atoms with Gasteiger partial charge in [-0.25, -0.2) is 9.97 Å². The summed E-state index contributed by atoms with van der Waals surface area (Å²) in [4.78, 5) is 23.7. The average Bonchev–Trinajstić information content (AvgIpc) is 3.03. The van der Waals surface area contributed by atoms with Crippen LogP contribution in [0.15, 0.2) is 35.0 Å². The van der Waals surface area contributed by atoms with E-state index in [1.54, 1.807) is 0 Å². The smallest absolute Gasteiger partial charge is 0.231 e. The number of piperidine rings is 1. The number of aromatic nitrogens is 2. The van der Waals surface area contributed by atoms with Gasteiger partial charge in [-0.2, -0.15) is 0 Å². The van der Waals surface area contributed by atoms with Crippen LogP contribution in [0.3, 0.4) is 0 Å². The van der Waals surface area contributed by atoms with Crippen LogP contribution in [-0.4, -0.2) is 35.5 Å². The van der Waals surface area contributed by atoms with Crippen LogP contribution < -0.4 is 10.2 Å². The van der Waals surface area contributed by atoms with Gasteiger partial charge in [-0.05, 0) is 50.8 Å². The molecule has 1 aliphatic heterocycles. The number of benzene rings is 1. The van der Waals surface area contributed by atoms with Crippen molar-refractivity contribution in [3.05, 3.63) is 52.5 Å². The lowest BCUT2D eigenvalue weighted by molar-refractivity contribution is -0.125. The Hall–Kier alpha value is -2.60. The molecule has 3 heterocycles. The molecule has 0 bridgehead atoms. The molecule has 1 N–H and O–H groups in total. The zero-order valence-corrected chi connectivity index (χ0v) is 17.5. The summed E-state index contributed by atoms with van der Waals surface area (Å²) < 4.78 is 5.74. The van der Waals surface area contributed by atoms with Crippen molar-refractivity contribution in [2.24, 2.45) is 5.92 Å². The third-order valence-electron chi connectivity index (χ3n) is 5.66. The molecule has 0 unspecified atom stereocenters. The van der Waals surface area contributed by atoms with Gasteiger partial charge in [0.1, 0.15) is 17.9 Å². The molecular formula is C22H25ClN4O2. The third kappa shape index (κ3) is 4.22. The lowest BCUT2D eigenvalue weighted by Gasteiger charge is -2.33. The number of carbonyl (C=O) groups is 1. The molecule has 0 spiro atoms. The van der Waals surface area contributed by atoms with E-state index < -0.39 is 0 Å². The van der Waals surface area contributed by atoms with Gasteiger partial charge in [0.2, 0.25) is 11.6 Å². The first kappa shape index (κ1) is 19.7. The van der Waals surface area contributed by atoms with Crippen molar-refractivity contribution in [1.29, 1.82) is 0 Å². The summed E-state index contributed by atoms with van der Waals surface area (Å²) >= 11 is 5.92. The lowest BCUT2D eigenvalue weighted by Crippen LogP contribution is -2.43. The van der Waals surface area contributed by atoms with Crippen molar-refractivity contribution < 1.29 is 9.21 Å². The molecule has 7 heteroatoms. The average molecular weight is 413 g/mol. The number of fused-ring (bicyclic) bond motifs is 1. The van der Waals surface area contributed by atoms with Gasteiger partial charge < -0.3 is 14.6 Å². The highest BCUT2D eigenvalue weighted by Crippen LogP contribution is 2.32. The van der Waals surface area contributed by atoms with Crippen LogP contribution in [0.4, 0.5) is 5.82 Å². The minimum absolute atomic E-state index is 0.0488. The van der Waals surface area contributed by atoms with Crippen LogP contribution in [0.2, 0.25) is 5.02 Å². The largest absolute Gasteiger partial charge is 0.443 e. The van der Waals surface area contributed by atoms with Gasteiger partial charge in [-0.15, -0.1) is 0 Å². The highest BCUT2D eigenvalue weighted by atomic mass is 35.5. The minimum Gasteiger partial charge on any atom is -0.443 e. The molecule has 1 atom stereocenters. The topological polar surface area (TPSA) is 71.3 Å². The summed E-state index contributed by atoms with van der Waals surface area (Å²) in [5.41, 5.74) is 2.83. The van der Waals surface area contributed by atoms with E-state index in [9.17, 15) is 4.79 Å². The standard InChI is InChI=1S/C22H25ClN4O2/c1-14-15(2)29-22-19(14)20(25-13-26-22)27-11-3-4-17(12-27)21(28)24-10-9-16-5-7-18(23)8-6-16/h5-8,13,17H,3-4,9-12H2,1-2H3,(H,24,28)/t17-/m1/s1. The Kier molecular flexibility index (Phi) is 5.72. The van der Waals surface area contributed by atoms with Crippen LogP contribution in [0, 0.1) is 19.8 Å². The van der Waals surface area contributed by atoms with Gasteiger partial charge in [0.15, 0.2) is 0 Å². The van der Waals surface area contributed by atoms with Crippen molar-refractivity contribution in [1.82, 2.24) is 15.3 Å². The third-order valence-corrected chi connectivity index (χ3v) is 5.92. The van der Waals surface area contributed by atoms with Crippen molar-refractivity contribution in [3.8, 4) is 0 Å². The highest BCUT2D eigenvalue weighted by molar-refractivity contribution is 6.30. The molecule has 4 rings (SSSR count). The molecule has 0 saturated carbocycles. The number of aryl methyl sites for hydroxylation is 2. The molecule has 1 aliphatic rings. The van der Waals surface area contributed by atoms with Gasteiger partial charge in [0.05, 0.1) is 11.3 Å². The van der Waals surface area contributed by atoms with Crippen molar-refractivity contribution in [2.75, 3.05) is 24.5 Å². The number of anilines is 1. The second kappa shape index (κ2) is 8.41. The molecule has 1 saturated heterocycles. The molecule has 29 heavy (non-hydrogen) atoms. The molecule has 0 radical (unpaired) electrons. The molecule has 6 nitrogen and oxygen atoms in total. The lowest BCUT2D eigenvalue weighted by atomic mass is 9.96. The normalized spacial score (nSPS) is 16.9. The van der Waals surface area contributed by atoms with E-state index >= 15 is 0 Å². The fourth-order valence-corrected chi connectivity index (χ4v) is 4.04. The summed E-state index contributed by atoms with van der Waals surface area (Å²) in [7, 11) is 0. The maximum Gasteiger partial charge on any atom is 0.231 e. The van der Waals surface area contributed by atoms with E-state index in [0.717, 1.165) is 58.9 Å². The maximum absolute atomic E-state index is 12.7. The van der Waals surface area contributed by atoms with Crippen LogP contribution in [0.1, 0.15) is 29.7 Å². The summed E-state index contributed by atoms with van der Waals surface area (Å²) in [6, 6.07) is 7.73. The first-order valence-corrected chi connectivity index (χ1v) is 10.4. The highest BCUT2D eigenvalue weighted by Gasteiger charge is 2.28. The molecule has 152 valence electrons. The summed E-state index contributed by atoms with van der Waals surface area (Å²) in [5, 5.41) is 4.77. The van der Waals surface area contributed by atoms with E-state index in [-0.39, 0.29) is 11.8 Å². The Labute approximate surface area is 175 Å². The minimum atomic E-state index is -0.0488. The Morgan fingerprint density at radius 2 is 2.07 bits per heavy atom. The Morgan fingerprint density at radius 3 is 2.86 bits per heavy atom. The number of hydrogen-bond donors (Lipinski definition) is 1. The van der Waals surface area contributed by atoms with E-state index in [4.69, 9.17) is 16.0 Å². The van der Waals surface area contributed by atoms with Gasteiger partial charge in [0, 0.05) is 30.2 Å². The zero-order chi connectivity index (χ0) is 20.4. The maximum atomic E-state index is 12.7. The van der Waals surface area contributed by atoms with E-state index in [1.807, 2.05) is 38.1 Å².